The van der Waals surface area contributed by atoms with Crippen LogP contribution in [0.4, 0.5) is 5.95 Å². The largest absolute Gasteiger partial charge is 0.507 e. The second-order valence-corrected chi connectivity index (χ2v) is 3.85. The normalized spacial score (nSPS) is 10.7. The molecule has 0 bridgehead atoms. The summed E-state index contributed by atoms with van der Waals surface area (Å²) in [6.45, 7) is -0.265. The molecular formula is C11H10N6O4. The summed E-state index contributed by atoms with van der Waals surface area (Å²) in [4.78, 5) is 24.6. The molecule has 10 heteroatoms. The first-order valence-corrected chi connectivity index (χ1v) is 5.70. The Hall–Kier alpha value is -3.30. The molecule has 0 saturated carbocycles. The molecule has 0 saturated heterocycles. The SMILES string of the molecule is O=C(Cn1cnc([N+](=O)[O-])n1)N/N=C\c1ccccc1O. The van der Waals surface area contributed by atoms with Gasteiger partial charge >= 0.3 is 5.95 Å². The number of aromatic nitrogens is 3. The maximum absolute atomic E-state index is 11.5. The number of rotatable bonds is 5. The van der Waals surface area contributed by atoms with E-state index in [2.05, 4.69) is 20.6 Å². The summed E-state index contributed by atoms with van der Waals surface area (Å²) in [5.41, 5.74) is 2.65. The smallest absolute Gasteiger partial charge is 0.490 e. The van der Waals surface area contributed by atoms with Crippen LogP contribution in [0, 0.1) is 10.1 Å². The van der Waals surface area contributed by atoms with Crippen molar-refractivity contribution in [3.8, 4) is 5.75 Å². The minimum Gasteiger partial charge on any atom is -0.507 e. The van der Waals surface area contributed by atoms with Gasteiger partial charge in [-0.05, 0) is 17.1 Å². The third-order valence-corrected chi connectivity index (χ3v) is 2.32. The van der Waals surface area contributed by atoms with Crippen molar-refractivity contribution >= 4 is 18.1 Å². The molecule has 1 aromatic carbocycles. The molecule has 0 unspecified atom stereocenters. The maximum atomic E-state index is 11.5. The van der Waals surface area contributed by atoms with Crippen molar-refractivity contribution in [3.05, 3.63) is 46.3 Å². The van der Waals surface area contributed by atoms with Crippen molar-refractivity contribution in [2.24, 2.45) is 5.10 Å². The third-order valence-electron chi connectivity index (χ3n) is 2.32. The van der Waals surface area contributed by atoms with Crippen LogP contribution in [0.3, 0.4) is 0 Å². The number of para-hydroxylation sites is 1. The van der Waals surface area contributed by atoms with Gasteiger partial charge in [-0.15, -0.1) is 0 Å². The molecule has 0 aliphatic heterocycles. The number of phenolic OH excluding ortho intramolecular Hbond substituents is 1. The van der Waals surface area contributed by atoms with Crippen molar-refractivity contribution in [1.82, 2.24) is 20.2 Å². The van der Waals surface area contributed by atoms with E-state index >= 15 is 0 Å². The van der Waals surface area contributed by atoms with E-state index in [4.69, 9.17) is 0 Å². The first-order valence-electron chi connectivity index (χ1n) is 5.70. The molecule has 1 amide bonds. The molecule has 0 spiro atoms. The number of carbonyl (C=O) groups excluding carboxylic acids is 1. The van der Waals surface area contributed by atoms with Crippen LogP contribution in [0.25, 0.3) is 0 Å². The van der Waals surface area contributed by atoms with Crippen LogP contribution in [-0.2, 0) is 11.3 Å². The molecule has 2 aromatic rings. The van der Waals surface area contributed by atoms with E-state index in [0.717, 1.165) is 11.0 Å². The van der Waals surface area contributed by atoms with Crippen LogP contribution in [0.15, 0.2) is 35.7 Å². The Balaban J connectivity index is 1.90. The molecule has 1 aromatic heterocycles. The number of hydrazone groups is 1. The molecule has 21 heavy (non-hydrogen) atoms. The van der Waals surface area contributed by atoms with Crippen LogP contribution < -0.4 is 5.43 Å². The second kappa shape index (κ2) is 6.23. The Morgan fingerprint density at radius 1 is 1.52 bits per heavy atom. The van der Waals surface area contributed by atoms with E-state index in [1.807, 2.05) is 0 Å². The molecule has 10 nitrogen and oxygen atoms in total. The Bertz CT molecular complexity index is 696. The van der Waals surface area contributed by atoms with Gasteiger partial charge in [0.15, 0.2) is 0 Å². The molecule has 0 fully saturated rings. The number of benzene rings is 1. The minimum atomic E-state index is -0.759. The summed E-state index contributed by atoms with van der Waals surface area (Å²) in [5.74, 6) is -1.09. The van der Waals surface area contributed by atoms with Gasteiger partial charge in [-0.25, -0.2) is 5.43 Å². The monoisotopic (exact) mass is 290 g/mol. The van der Waals surface area contributed by atoms with Gasteiger partial charge < -0.3 is 15.2 Å². The average molecular weight is 290 g/mol. The second-order valence-electron chi connectivity index (χ2n) is 3.85. The van der Waals surface area contributed by atoms with Crippen LogP contribution in [0.1, 0.15) is 5.56 Å². The number of aromatic hydroxyl groups is 1. The van der Waals surface area contributed by atoms with Gasteiger partial charge in [-0.2, -0.15) is 9.78 Å². The van der Waals surface area contributed by atoms with Crippen LogP contribution in [-0.4, -0.2) is 36.9 Å². The zero-order valence-corrected chi connectivity index (χ0v) is 10.6. The molecule has 108 valence electrons. The van der Waals surface area contributed by atoms with E-state index in [9.17, 15) is 20.0 Å². The summed E-state index contributed by atoms with van der Waals surface area (Å²) >= 11 is 0. The number of carbonyl (C=O) groups is 1. The van der Waals surface area contributed by atoms with Crippen LogP contribution in [0.2, 0.25) is 0 Å². The van der Waals surface area contributed by atoms with E-state index in [1.54, 1.807) is 18.2 Å². The van der Waals surface area contributed by atoms with Gasteiger partial charge in [0.2, 0.25) is 6.33 Å². The summed E-state index contributed by atoms with van der Waals surface area (Å²) in [5, 5.41) is 27.0. The highest BCUT2D eigenvalue weighted by molar-refractivity contribution is 5.84. The standard InChI is InChI=1S/C11H10N6O4/c18-9-4-2-1-3-8(9)5-13-14-10(19)6-16-7-12-11(15-16)17(20)21/h1-5,7,18H,6H2,(H,14,19)/b13-5-. The molecule has 0 aliphatic carbocycles. The lowest BCUT2D eigenvalue weighted by Gasteiger charge is -1.98. The average Bonchev–Trinajstić information content (AvgIpc) is 2.89. The van der Waals surface area contributed by atoms with Gasteiger partial charge in [0.1, 0.15) is 12.3 Å². The molecule has 0 aliphatic rings. The Morgan fingerprint density at radius 3 is 2.95 bits per heavy atom. The minimum absolute atomic E-state index is 0.0300. The maximum Gasteiger partial charge on any atom is 0.490 e. The highest BCUT2D eigenvalue weighted by Gasteiger charge is 2.14. The Kier molecular flexibility index (Phi) is 4.19. The lowest BCUT2D eigenvalue weighted by atomic mass is 10.2. The van der Waals surface area contributed by atoms with Gasteiger partial charge in [0.25, 0.3) is 5.91 Å². The van der Waals surface area contributed by atoms with Gasteiger partial charge in [-0.1, -0.05) is 17.1 Å². The number of phenols is 1. The summed E-state index contributed by atoms with van der Waals surface area (Å²) < 4.78 is 1.02. The van der Waals surface area contributed by atoms with Crippen LogP contribution in [0.5, 0.6) is 5.75 Å². The van der Waals surface area contributed by atoms with Crippen molar-refractivity contribution in [2.75, 3.05) is 0 Å². The lowest BCUT2D eigenvalue weighted by Crippen LogP contribution is -2.23. The number of hydrogen-bond acceptors (Lipinski definition) is 7. The highest BCUT2D eigenvalue weighted by Crippen LogP contribution is 2.12. The van der Waals surface area contributed by atoms with Gasteiger partial charge in [-0.3, -0.25) is 4.79 Å². The molecule has 1 heterocycles. The quantitative estimate of drug-likeness (QED) is 0.453. The van der Waals surface area contributed by atoms with Gasteiger partial charge in [0.05, 0.1) is 6.21 Å². The molecular weight excluding hydrogens is 280 g/mol. The van der Waals surface area contributed by atoms with Crippen molar-refractivity contribution in [2.45, 2.75) is 6.54 Å². The third kappa shape index (κ3) is 3.83. The number of nitro groups is 1. The first kappa shape index (κ1) is 14.1. The van der Waals surface area contributed by atoms with E-state index in [-0.39, 0.29) is 12.3 Å². The highest BCUT2D eigenvalue weighted by atomic mass is 16.6. The van der Waals surface area contributed by atoms with E-state index < -0.39 is 16.8 Å². The van der Waals surface area contributed by atoms with Crippen molar-refractivity contribution in [3.63, 3.8) is 0 Å². The predicted molar refractivity (Wildman–Crippen MR) is 70.5 cm³/mol. The summed E-state index contributed by atoms with van der Waals surface area (Å²) in [6, 6.07) is 6.46. The fraction of sp³-hybridized carbons (Fsp3) is 0.0909. The summed E-state index contributed by atoms with van der Waals surface area (Å²) in [7, 11) is 0. The zero-order chi connectivity index (χ0) is 15.2. The topological polar surface area (TPSA) is 136 Å². The number of hydrogen-bond donors (Lipinski definition) is 2. The fourth-order valence-electron chi connectivity index (χ4n) is 1.40. The van der Waals surface area contributed by atoms with Crippen molar-refractivity contribution in [1.29, 1.82) is 0 Å². The number of nitrogens with zero attached hydrogens (tertiary/aromatic N) is 5. The Morgan fingerprint density at radius 2 is 2.29 bits per heavy atom. The van der Waals surface area contributed by atoms with Crippen LogP contribution >= 0.6 is 0 Å². The zero-order valence-electron chi connectivity index (χ0n) is 10.6. The predicted octanol–water partition coefficient (Wildman–Crippen LogP) is 0.0422. The lowest BCUT2D eigenvalue weighted by molar-refractivity contribution is -0.394. The molecule has 0 atom stereocenters. The molecule has 2 rings (SSSR count). The fourth-order valence-corrected chi connectivity index (χ4v) is 1.40. The van der Waals surface area contributed by atoms with E-state index in [1.165, 1.54) is 12.3 Å². The summed E-state index contributed by atoms with van der Waals surface area (Å²) in [6.07, 6.45) is 2.35. The van der Waals surface area contributed by atoms with Gasteiger partial charge in [0, 0.05) is 10.7 Å². The van der Waals surface area contributed by atoms with Crippen molar-refractivity contribution < 1.29 is 14.8 Å². The number of amides is 1. The first-order chi connectivity index (χ1) is 10.1. The molecule has 2 N–H and O–H groups in total. The molecule has 0 radical (unpaired) electrons. The van der Waals surface area contributed by atoms with E-state index in [0.29, 0.717) is 5.56 Å². The number of nitrogens with one attached hydrogen (secondary N) is 1. The Labute approximate surface area is 117 Å².